The summed E-state index contributed by atoms with van der Waals surface area (Å²) in [5.41, 5.74) is -1.04. The van der Waals surface area contributed by atoms with Crippen molar-refractivity contribution in [1.82, 2.24) is 14.6 Å². The first kappa shape index (κ1) is 41.0. The zero-order valence-electron chi connectivity index (χ0n) is 34.1. The number of carbonyl (C=O) groups is 4. The number of likely N-dealkylation sites (N-methyl/N-ethyl adjacent to an activating group) is 1. The fraction of sp³-hybridized carbons (Fsp3) is 0.651. The molecule has 0 radical (unpaired) electrons. The van der Waals surface area contributed by atoms with E-state index >= 15 is 4.79 Å². The first-order valence-corrected chi connectivity index (χ1v) is 22.2. The second-order valence-electron chi connectivity index (χ2n) is 18.1. The van der Waals surface area contributed by atoms with E-state index in [2.05, 4.69) is 21.5 Å². The number of ether oxygens (including phenoxy) is 3. The van der Waals surface area contributed by atoms with Crippen LogP contribution in [0, 0.1) is 29.1 Å². The number of fused-ring (bicyclic) bond motifs is 5. The second kappa shape index (κ2) is 15.9. The van der Waals surface area contributed by atoms with Crippen molar-refractivity contribution >= 4 is 50.1 Å². The van der Waals surface area contributed by atoms with Crippen molar-refractivity contribution in [2.24, 2.45) is 29.1 Å². The molecule has 7 atom stereocenters. The molecule has 4 heterocycles. The lowest BCUT2D eigenvalue weighted by atomic mass is 9.79. The van der Waals surface area contributed by atoms with Gasteiger partial charge in [-0.1, -0.05) is 32.4 Å². The van der Waals surface area contributed by atoms with E-state index < -0.39 is 56.2 Å². The SMILES string of the molecule is CC[C@@H]1C[C@H](C)CC/C=C\[C@@H]2C[C@@]2(C(=O)NS(=O)(=O)C2CC2)CC(=O)[C@@H]2C[C@@H](Oc3nccc4c5c(ccc34)N(C)CCO5)CN2C(=O)[C@H]1CC(=O)OC(C)(C)C. The van der Waals surface area contributed by atoms with Crippen LogP contribution in [-0.2, 0) is 33.9 Å². The Balaban J connectivity index is 1.24. The van der Waals surface area contributed by atoms with Gasteiger partial charge in [-0.15, -0.1) is 0 Å². The number of rotatable bonds is 8. The first-order chi connectivity index (χ1) is 27.0. The Bertz CT molecular complexity index is 2040. The van der Waals surface area contributed by atoms with Crippen LogP contribution in [0.5, 0.6) is 11.6 Å². The smallest absolute Gasteiger partial charge is 0.307 e. The number of Topliss-reactive ketones (excluding diaryl/α,β-unsaturated/α-hetero) is 1. The molecule has 1 saturated heterocycles. The van der Waals surface area contributed by atoms with Crippen LogP contribution in [0.2, 0.25) is 0 Å². The number of nitrogens with zero attached hydrogens (tertiary/aromatic N) is 3. The van der Waals surface area contributed by atoms with Crippen LogP contribution in [0.1, 0.15) is 98.8 Å². The van der Waals surface area contributed by atoms with Gasteiger partial charge in [-0.2, -0.15) is 0 Å². The summed E-state index contributed by atoms with van der Waals surface area (Å²) in [7, 11) is -1.84. The Kier molecular flexibility index (Phi) is 11.4. The minimum absolute atomic E-state index is 0.0624. The average molecular weight is 807 g/mol. The van der Waals surface area contributed by atoms with Gasteiger partial charge >= 0.3 is 5.97 Å². The molecule has 1 aromatic heterocycles. The van der Waals surface area contributed by atoms with Gasteiger partial charge in [0.1, 0.15) is 18.3 Å². The Hall–Kier alpha value is -4.20. The number of sulfonamides is 1. The van der Waals surface area contributed by atoms with Gasteiger partial charge in [-0.3, -0.25) is 23.9 Å². The van der Waals surface area contributed by atoms with Crippen LogP contribution in [0.25, 0.3) is 10.8 Å². The number of ketones is 1. The van der Waals surface area contributed by atoms with Crippen molar-refractivity contribution in [3.05, 3.63) is 36.5 Å². The van der Waals surface area contributed by atoms with Crippen molar-refractivity contribution in [2.75, 3.05) is 31.6 Å². The van der Waals surface area contributed by atoms with E-state index in [9.17, 15) is 22.8 Å². The van der Waals surface area contributed by atoms with Crippen LogP contribution < -0.4 is 19.1 Å². The molecule has 2 aromatic rings. The lowest BCUT2D eigenvalue weighted by molar-refractivity contribution is -0.160. The molecule has 7 rings (SSSR count). The van der Waals surface area contributed by atoms with E-state index in [0.29, 0.717) is 44.6 Å². The van der Waals surface area contributed by atoms with Gasteiger partial charge in [-0.25, -0.2) is 13.4 Å². The number of amides is 2. The third-order valence-corrected chi connectivity index (χ3v) is 14.3. The van der Waals surface area contributed by atoms with Crippen molar-refractivity contribution in [2.45, 2.75) is 122 Å². The first-order valence-electron chi connectivity index (χ1n) is 20.7. The van der Waals surface area contributed by atoms with E-state index in [1.54, 1.807) is 31.9 Å². The van der Waals surface area contributed by atoms with E-state index in [-0.39, 0.29) is 55.3 Å². The number of aromatic nitrogens is 1. The molecule has 0 bridgehead atoms. The topological polar surface area (TPSA) is 162 Å². The fourth-order valence-corrected chi connectivity index (χ4v) is 10.5. The van der Waals surface area contributed by atoms with Gasteiger partial charge in [-0.05, 0) is 95.2 Å². The lowest BCUT2D eigenvalue weighted by Gasteiger charge is -2.33. The van der Waals surface area contributed by atoms with Crippen LogP contribution in [0.3, 0.4) is 0 Å². The number of anilines is 1. The third-order valence-electron chi connectivity index (χ3n) is 12.5. The van der Waals surface area contributed by atoms with Crippen molar-refractivity contribution in [3.63, 3.8) is 0 Å². The number of allylic oxidation sites excluding steroid dienone is 2. The summed E-state index contributed by atoms with van der Waals surface area (Å²) in [6, 6.07) is 4.82. The molecule has 2 aliphatic carbocycles. The number of hydrogen-bond donors (Lipinski definition) is 1. The second-order valence-corrected chi connectivity index (χ2v) is 20.0. The standard InChI is InChI=1S/C43H58N4O9S/c1-7-27-20-26(2)10-8-9-11-28-23-43(28,41(51)45-57(52,53)30-12-13-30)24-36(48)35-21-29(25-47(35)40(50)33(27)22-37(49)56-42(3,4)5)55-39-32-14-15-34-38(31(32)16-17-44-39)54-19-18-46(34)6/h9,11,14-17,26-30,33,35H,7-8,10,12-13,18-25H2,1-6H3,(H,45,51)/b11-9-/t26-,27-,28-,29-,33+,35+,43-/m1/s1. The Labute approximate surface area is 336 Å². The van der Waals surface area contributed by atoms with E-state index in [0.717, 1.165) is 41.6 Å². The zero-order chi connectivity index (χ0) is 40.9. The van der Waals surface area contributed by atoms with Crippen LogP contribution >= 0.6 is 0 Å². The van der Waals surface area contributed by atoms with Gasteiger partial charge in [0.15, 0.2) is 11.5 Å². The quantitative estimate of drug-likeness (QED) is 0.256. The van der Waals surface area contributed by atoms with Crippen LogP contribution in [0.15, 0.2) is 36.5 Å². The van der Waals surface area contributed by atoms with E-state index in [4.69, 9.17) is 14.2 Å². The number of benzene rings is 1. The molecule has 5 aliphatic rings. The maximum Gasteiger partial charge on any atom is 0.307 e. The molecule has 3 fully saturated rings. The van der Waals surface area contributed by atoms with Crippen LogP contribution in [-0.4, -0.2) is 91.6 Å². The van der Waals surface area contributed by atoms with E-state index in [1.165, 1.54) is 0 Å². The summed E-state index contributed by atoms with van der Waals surface area (Å²) >= 11 is 0. The number of nitrogens with one attached hydrogen (secondary N) is 1. The minimum Gasteiger partial charge on any atom is -0.489 e. The summed E-state index contributed by atoms with van der Waals surface area (Å²) in [5, 5.41) is 0.972. The molecule has 57 heavy (non-hydrogen) atoms. The van der Waals surface area contributed by atoms with Gasteiger partial charge in [0.25, 0.3) is 0 Å². The van der Waals surface area contributed by atoms with Crippen molar-refractivity contribution in [1.29, 1.82) is 0 Å². The van der Waals surface area contributed by atoms with Crippen LogP contribution in [0.4, 0.5) is 5.69 Å². The molecule has 13 nitrogen and oxygen atoms in total. The monoisotopic (exact) mass is 806 g/mol. The van der Waals surface area contributed by atoms with Gasteiger partial charge in [0.05, 0.1) is 47.8 Å². The number of carbonyl (C=O) groups excluding carboxylic acids is 4. The normalized spacial score (nSPS) is 30.2. The molecule has 1 aromatic carbocycles. The highest BCUT2D eigenvalue weighted by atomic mass is 32.2. The summed E-state index contributed by atoms with van der Waals surface area (Å²) in [6.45, 7) is 10.9. The summed E-state index contributed by atoms with van der Waals surface area (Å²) in [5.74, 6) is -1.74. The predicted molar refractivity (Wildman–Crippen MR) is 215 cm³/mol. The summed E-state index contributed by atoms with van der Waals surface area (Å²) < 4.78 is 46.7. The average Bonchev–Trinajstić information content (AvgIpc) is 4.07. The van der Waals surface area contributed by atoms with Crippen molar-refractivity contribution < 1.29 is 41.8 Å². The summed E-state index contributed by atoms with van der Waals surface area (Å²) in [4.78, 5) is 65.5. The highest BCUT2D eigenvalue weighted by molar-refractivity contribution is 7.90. The maximum atomic E-state index is 15.1. The molecule has 2 amide bonds. The number of pyridine rings is 1. The molecule has 0 spiro atoms. The Morgan fingerprint density at radius 3 is 2.58 bits per heavy atom. The number of hydrogen-bond acceptors (Lipinski definition) is 11. The molecule has 310 valence electrons. The van der Waals surface area contributed by atoms with Gasteiger partial charge < -0.3 is 24.0 Å². The Morgan fingerprint density at radius 1 is 1.09 bits per heavy atom. The maximum absolute atomic E-state index is 15.1. The molecule has 14 heteroatoms. The zero-order valence-corrected chi connectivity index (χ0v) is 34.9. The molecule has 2 saturated carbocycles. The number of esters is 1. The highest BCUT2D eigenvalue weighted by Gasteiger charge is 2.61. The fourth-order valence-electron chi connectivity index (χ4n) is 9.10. The lowest BCUT2D eigenvalue weighted by Crippen LogP contribution is -2.48. The molecular weight excluding hydrogens is 749 g/mol. The highest BCUT2D eigenvalue weighted by Crippen LogP contribution is 2.57. The van der Waals surface area contributed by atoms with Gasteiger partial charge in [0, 0.05) is 36.9 Å². The molecule has 3 aliphatic heterocycles. The van der Waals surface area contributed by atoms with Crippen molar-refractivity contribution in [3.8, 4) is 11.6 Å². The largest absolute Gasteiger partial charge is 0.489 e. The van der Waals surface area contributed by atoms with Gasteiger partial charge in [0.2, 0.25) is 27.7 Å². The minimum atomic E-state index is -3.86. The third kappa shape index (κ3) is 8.80. The molecule has 1 N–H and O–H groups in total. The van der Waals surface area contributed by atoms with E-state index in [1.807, 2.05) is 44.3 Å². The molecule has 0 unspecified atom stereocenters. The predicted octanol–water partition coefficient (Wildman–Crippen LogP) is 5.74. The summed E-state index contributed by atoms with van der Waals surface area (Å²) in [6.07, 6.45) is 9.00. The molecular formula is C43H58N4O9S. The Morgan fingerprint density at radius 2 is 1.86 bits per heavy atom.